The van der Waals surface area contributed by atoms with Crippen LogP contribution in [0.15, 0.2) is 36.5 Å². The van der Waals surface area contributed by atoms with Crippen molar-refractivity contribution in [1.82, 2.24) is 9.88 Å². The van der Waals surface area contributed by atoms with Crippen LogP contribution in [0.5, 0.6) is 0 Å². The number of hydrogen-bond donors (Lipinski definition) is 1. The van der Waals surface area contributed by atoms with Gasteiger partial charge in [0.1, 0.15) is 12.7 Å². The number of allylic oxidation sites excluding steroid dienone is 4. The van der Waals surface area contributed by atoms with Gasteiger partial charge in [-0.2, -0.15) is 0 Å². The van der Waals surface area contributed by atoms with E-state index in [0.717, 1.165) is 29.7 Å². The monoisotopic (exact) mass is 671 g/mol. The number of benzene rings is 1. The highest BCUT2D eigenvalue weighted by Crippen LogP contribution is 2.44. The molecule has 6 atom stereocenters. The normalized spacial score (nSPS) is 26.2. The molecule has 14 heteroatoms. The Morgan fingerprint density at radius 3 is 2.24 bits per heavy atom. The number of H-pyrrole nitrogens is 1. The molecule has 7 rings (SSSR count). The largest absolute Gasteiger partial charge is 0.463 e. The SMILES string of the molecule is CC(=O)OCC1OC(N2c3c(c4c(c5c6c([nH]c35)=CC=CC6)C(=O)N(C)C4=O)=C3C=CC=CC32)C(OC(C)=O)C(OC(C)=O)C1OC(C)=O. The summed E-state index contributed by atoms with van der Waals surface area (Å²) in [5.74, 6) is -3.78. The highest BCUT2D eigenvalue weighted by Gasteiger charge is 2.57. The Labute approximate surface area is 279 Å². The number of esters is 4. The van der Waals surface area contributed by atoms with Crippen molar-refractivity contribution in [3.63, 3.8) is 0 Å². The third-order valence-corrected chi connectivity index (χ3v) is 9.20. The van der Waals surface area contributed by atoms with E-state index in [2.05, 4.69) is 4.98 Å². The molecule has 2 aromatic rings. The Morgan fingerprint density at radius 2 is 1.55 bits per heavy atom. The Hall–Kier alpha value is -5.50. The highest BCUT2D eigenvalue weighted by atomic mass is 16.7. The molecule has 1 aromatic carbocycles. The molecule has 1 fully saturated rings. The Balaban J connectivity index is 1.52. The molecule has 0 saturated carbocycles. The number of nitrogens with one attached hydrogen (secondary N) is 1. The first-order valence-electron chi connectivity index (χ1n) is 15.8. The smallest absolute Gasteiger partial charge is 0.303 e. The van der Waals surface area contributed by atoms with Gasteiger partial charge < -0.3 is 33.6 Å². The number of anilines is 1. The second kappa shape index (κ2) is 11.9. The standard InChI is InChI=1S/C35H33N3O11/c1-15(39)45-14-23-30(46-16(2)40)31(47-17(3)41)32(48-18(4)42)35(49-23)38-22-13-9-7-11-20(22)25-27-26(33(43)37(5)34(27)44)24-19-10-6-8-12-21(19)36-28(24)29(25)38/h6-9,11-13,22-23,30-32,35-36H,10,14H2,1-5H3. The van der Waals surface area contributed by atoms with Gasteiger partial charge in [-0.25, -0.2) is 0 Å². The fraction of sp³-hybridized carbons (Fsp3) is 0.371. The van der Waals surface area contributed by atoms with E-state index in [1.54, 1.807) is 0 Å². The fourth-order valence-corrected chi connectivity index (χ4v) is 7.46. The molecule has 1 aromatic heterocycles. The number of ether oxygens (including phenoxy) is 5. The number of imide groups is 1. The van der Waals surface area contributed by atoms with E-state index < -0.39 is 79.0 Å². The van der Waals surface area contributed by atoms with Crippen LogP contribution in [0.2, 0.25) is 0 Å². The summed E-state index contributed by atoms with van der Waals surface area (Å²) in [6.07, 6.45) is 6.95. The van der Waals surface area contributed by atoms with E-state index >= 15 is 0 Å². The second-order valence-corrected chi connectivity index (χ2v) is 12.4. The highest BCUT2D eigenvalue weighted by molar-refractivity contribution is 6.29. The van der Waals surface area contributed by atoms with E-state index in [1.807, 2.05) is 47.4 Å². The molecule has 0 spiro atoms. The van der Waals surface area contributed by atoms with Crippen molar-refractivity contribution in [2.75, 3.05) is 18.6 Å². The number of fused-ring (bicyclic) bond motifs is 9. The quantitative estimate of drug-likeness (QED) is 0.261. The maximum absolute atomic E-state index is 13.9. The van der Waals surface area contributed by atoms with Crippen molar-refractivity contribution in [2.24, 2.45) is 0 Å². The molecular formula is C35H33N3O11. The molecule has 1 saturated heterocycles. The number of hydrogen-bond acceptors (Lipinski definition) is 12. The average molecular weight is 672 g/mol. The third kappa shape index (κ3) is 5.05. The number of aromatic amines is 1. The number of nitrogens with zero attached hydrogens (tertiary/aromatic N) is 2. The first kappa shape index (κ1) is 32.1. The fourth-order valence-electron chi connectivity index (χ4n) is 7.46. The van der Waals surface area contributed by atoms with Gasteiger partial charge in [-0.3, -0.25) is 33.7 Å². The molecule has 49 heavy (non-hydrogen) atoms. The lowest BCUT2D eigenvalue weighted by Gasteiger charge is -2.49. The average Bonchev–Trinajstić information content (AvgIpc) is 3.66. The van der Waals surface area contributed by atoms with Crippen LogP contribution in [0.1, 0.15) is 54.0 Å². The Bertz CT molecular complexity index is 2090. The molecule has 6 unspecified atom stereocenters. The molecule has 4 heterocycles. The first-order chi connectivity index (χ1) is 23.4. The van der Waals surface area contributed by atoms with Crippen LogP contribution >= 0.6 is 0 Å². The predicted octanol–water partition coefficient (Wildman–Crippen LogP) is 0.835. The van der Waals surface area contributed by atoms with Crippen molar-refractivity contribution in [2.45, 2.75) is 70.8 Å². The summed E-state index contributed by atoms with van der Waals surface area (Å²) in [6, 6.07) is -0.633. The maximum Gasteiger partial charge on any atom is 0.303 e. The minimum atomic E-state index is -1.41. The maximum atomic E-state index is 13.9. The summed E-state index contributed by atoms with van der Waals surface area (Å²) in [7, 11) is 1.44. The lowest BCUT2D eigenvalue weighted by atomic mass is 9.94. The molecular weight excluding hydrogens is 638 g/mol. The Morgan fingerprint density at radius 1 is 0.878 bits per heavy atom. The van der Waals surface area contributed by atoms with E-state index in [1.165, 1.54) is 20.9 Å². The van der Waals surface area contributed by atoms with E-state index in [4.69, 9.17) is 23.7 Å². The van der Waals surface area contributed by atoms with Crippen molar-refractivity contribution >= 4 is 63.9 Å². The molecule has 0 bridgehead atoms. The van der Waals surface area contributed by atoms with Crippen LogP contribution in [0, 0.1) is 0 Å². The van der Waals surface area contributed by atoms with Gasteiger partial charge in [0.25, 0.3) is 11.8 Å². The summed E-state index contributed by atoms with van der Waals surface area (Å²) in [6.45, 7) is 4.30. The van der Waals surface area contributed by atoms with Gasteiger partial charge in [0.15, 0.2) is 24.5 Å². The van der Waals surface area contributed by atoms with E-state index in [-0.39, 0.29) is 5.56 Å². The van der Waals surface area contributed by atoms with Gasteiger partial charge in [-0.05, 0) is 23.6 Å². The Kier molecular flexibility index (Phi) is 7.77. The molecule has 2 amide bonds. The zero-order valence-electron chi connectivity index (χ0n) is 27.3. The van der Waals surface area contributed by atoms with Gasteiger partial charge in [-0.1, -0.05) is 36.5 Å². The van der Waals surface area contributed by atoms with Crippen molar-refractivity contribution in [3.05, 3.63) is 63.7 Å². The topological polar surface area (TPSA) is 171 Å². The molecule has 0 radical (unpaired) electrons. The van der Waals surface area contributed by atoms with Crippen molar-refractivity contribution in [3.8, 4) is 0 Å². The zero-order valence-corrected chi connectivity index (χ0v) is 27.3. The summed E-state index contributed by atoms with van der Waals surface area (Å²) in [5.41, 5.74) is 3.08. The predicted molar refractivity (Wildman–Crippen MR) is 171 cm³/mol. The number of rotatable bonds is 6. The van der Waals surface area contributed by atoms with E-state index in [9.17, 15) is 28.8 Å². The van der Waals surface area contributed by atoms with Crippen LogP contribution in [0.3, 0.4) is 0 Å². The summed E-state index contributed by atoms with van der Waals surface area (Å²) >= 11 is 0. The van der Waals surface area contributed by atoms with Gasteiger partial charge in [0.2, 0.25) is 0 Å². The van der Waals surface area contributed by atoms with Crippen LogP contribution in [-0.4, -0.2) is 95.9 Å². The summed E-state index contributed by atoms with van der Waals surface area (Å²) < 4.78 is 29.1. The lowest BCUT2D eigenvalue weighted by molar-refractivity contribution is -0.252. The number of carbonyl (C=O) groups is 6. The zero-order chi connectivity index (χ0) is 34.9. The summed E-state index contributed by atoms with van der Waals surface area (Å²) in [5, 5.41) is 1.83. The number of aromatic nitrogens is 1. The van der Waals surface area contributed by atoms with Crippen LogP contribution in [-0.2, 0) is 49.3 Å². The third-order valence-electron chi connectivity index (χ3n) is 9.20. The van der Waals surface area contributed by atoms with Gasteiger partial charge in [0, 0.05) is 50.7 Å². The molecule has 254 valence electrons. The van der Waals surface area contributed by atoms with Crippen LogP contribution < -0.4 is 15.5 Å². The minimum absolute atomic E-state index is 0.236. The molecule has 14 nitrogen and oxygen atoms in total. The molecule has 3 aliphatic heterocycles. The first-order valence-corrected chi connectivity index (χ1v) is 15.8. The van der Waals surface area contributed by atoms with E-state index in [0.29, 0.717) is 39.4 Å². The lowest BCUT2D eigenvalue weighted by Crippen LogP contribution is -2.67. The van der Waals surface area contributed by atoms with Crippen molar-refractivity contribution < 1.29 is 52.5 Å². The number of amides is 2. The van der Waals surface area contributed by atoms with Gasteiger partial charge in [-0.15, -0.1) is 0 Å². The van der Waals surface area contributed by atoms with Gasteiger partial charge in [0.05, 0.1) is 28.4 Å². The number of carbonyl (C=O) groups excluding carboxylic acids is 6. The van der Waals surface area contributed by atoms with Crippen molar-refractivity contribution in [1.29, 1.82) is 0 Å². The minimum Gasteiger partial charge on any atom is -0.463 e. The van der Waals surface area contributed by atoms with Crippen LogP contribution in [0.4, 0.5) is 5.69 Å². The molecule has 5 aliphatic rings. The molecule has 1 N–H and O–H groups in total. The van der Waals surface area contributed by atoms with Gasteiger partial charge >= 0.3 is 23.9 Å². The molecule has 2 aliphatic carbocycles. The second-order valence-electron chi connectivity index (χ2n) is 12.4. The van der Waals surface area contributed by atoms with Crippen LogP contribution in [0.25, 0.3) is 22.6 Å². The summed E-state index contributed by atoms with van der Waals surface area (Å²) in [4.78, 5) is 83.7.